The van der Waals surface area contributed by atoms with Crippen LogP contribution in [0.2, 0.25) is 0 Å². The van der Waals surface area contributed by atoms with Crippen molar-refractivity contribution >= 4 is 17.7 Å². The number of carbonyl (C=O) groups excluding carboxylic acids is 3. The summed E-state index contributed by atoms with van der Waals surface area (Å²) in [5.74, 6) is -1.31. The molecule has 2 aromatic rings. The minimum atomic E-state index is -0.858. The van der Waals surface area contributed by atoms with Crippen LogP contribution in [0.1, 0.15) is 54.0 Å². The molecule has 0 spiro atoms. The maximum atomic E-state index is 12.3. The van der Waals surface area contributed by atoms with E-state index in [4.69, 9.17) is 4.74 Å². The summed E-state index contributed by atoms with van der Waals surface area (Å²) in [4.78, 5) is 36.3. The maximum absolute atomic E-state index is 12.3. The molecule has 1 atom stereocenters. The van der Waals surface area contributed by atoms with Crippen LogP contribution in [0.25, 0.3) is 0 Å². The van der Waals surface area contributed by atoms with Gasteiger partial charge >= 0.3 is 5.97 Å². The minimum absolute atomic E-state index is 0.00258. The normalized spacial score (nSPS) is 12.1. The van der Waals surface area contributed by atoms with Crippen molar-refractivity contribution in [3.8, 4) is 0 Å². The largest absolute Gasteiger partial charge is 0.456 e. The van der Waals surface area contributed by atoms with Gasteiger partial charge in [-0.1, -0.05) is 63.2 Å². The number of carbonyl (C=O) groups is 3. The van der Waals surface area contributed by atoms with E-state index in [1.165, 1.54) is 6.92 Å². The fourth-order valence-electron chi connectivity index (χ4n) is 2.43. The van der Waals surface area contributed by atoms with Crippen LogP contribution >= 0.6 is 0 Å². The van der Waals surface area contributed by atoms with E-state index in [0.29, 0.717) is 11.1 Å². The lowest BCUT2D eigenvalue weighted by atomic mass is 9.86. The Morgan fingerprint density at radius 1 is 0.926 bits per heavy atom. The number of esters is 1. The van der Waals surface area contributed by atoms with Crippen molar-refractivity contribution < 1.29 is 19.1 Å². The zero-order chi connectivity index (χ0) is 20.0. The smallest absolute Gasteiger partial charge is 0.328 e. The van der Waals surface area contributed by atoms with E-state index in [1.54, 1.807) is 42.5 Å². The molecule has 0 aromatic heterocycles. The van der Waals surface area contributed by atoms with E-state index in [-0.39, 0.29) is 23.7 Å². The number of amides is 1. The van der Waals surface area contributed by atoms with Crippen molar-refractivity contribution in [3.05, 3.63) is 71.3 Å². The molecule has 5 heteroatoms. The summed E-state index contributed by atoms with van der Waals surface area (Å²) >= 11 is 0. The average Bonchev–Trinajstić information content (AvgIpc) is 2.65. The molecular weight excluding hydrogens is 342 g/mol. The number of Topliss-reactive ketones (excluding diaryl/α,β-unsaturated/α-hetero) is 1. The zero-order valence-electron chi connectivity index (χ0n) is 16.1. The molecule has 0 saturated carbocycles. The Morgan fingerprint density at radius 2 is 1.52 bits per heavy atom. The third-order valence-electron chi connectivity index (χ3n) is 4.16. The fourth-order valence-corrected chi connectivity index (χ4v) is 2.43. The van der Waals surface area contributed by atoms with E-state index in [9.17, 15) is 14.4 Å². The third kappa shape index (κ3) is 5.78. The molecule has 0 aliphatic carbocycles. The van der Waals surface area contributed by atoms with Crippen molar-refractivity contribution in [2.75, 3.05) is 6.61 Å². The Kier molecular flexibility index (Phi) is 6.50. The predicted octanol–water partition coefficient (Wildman–Crippen LogP) is 3.53. The van der Waals surface area contributed by atoms with Gasteiger partial charge in [-0.3, -0.25) is 9.59 Å². The lowest BCUT2D eigenvalue weighted by Crippen LogP contribution is -2.40. The fraction of sp³-hybridized carbons (Fsp3) is 0.318. The Hall–Kier alpha value is -2.95. The van der Waals surface area contributed by atoms with Gasteiger partial charge < -0.3 is 10.1 Å². The van der Waals surface area contributed by atoms with E-state index < -0.39 is 12.0 Å². The molecule has 0 fully saturated rings. The number of hydrogen-bond acceptors (Lipinski definition) is 4. The molecule has 0 bridgehead atoms. The topological polar surface area (TPSA) is 72.5 Å². The lowest BCUT2D eigenvalue weighted by molar-refractivity contribution is -0.144. The molecular formula is C22H25NO4. The zero-order valence-corrected chi connectivity index (χ0v) is 16.1. The summed E-state index contributed by atoms with van der Waals surface area (Å²) < 4.78 is 5.02. The monoisotopic (exact) mass is 367 g/mol. The lowest BCUT2D eigenvalue weighted by Gasteiger charge is -2.19. The minimum Gasteiger partial charge on any atom is -0.456 e. The highest BCUT2D eigenvalue weighted by Gasteiger charge is 2.20. The van der Waals surface area contributed by atoms with Crippen molar-refractivity contribution in [2.45, 2.75) is 39.2 Å². The van der Waals surface area contributed by atoms with E-state index in [2.05, 4.69) is 26.1 Å². The van der Waals surface area contributed by atoms with Gasteiger partial charge in [0.1, 0.15) is 6.04 Å². The molecule has 5 nitrogen and oxygen atoms in total. The van der Waals surface area contributed by atoms with Crippen LogP contribution in [0.3, 0.4) is 0 Å². The molecule has 0 heterocycles. The number of rotatable bonds is 6. The Labute approximate surface area is 159 Å². The van der Waals surface area contributed by atoms with Crippen molar-refractivity contribution in [1.29, 1.82) is 0 Å². The molecule has 142 valence electrons. The van der Waals surface area contributed by atoms with Gasteiger partial charge in [-0.15, -0.1) is 0 Å². The summed E-state index contributed by atoms with van der Waals surface area (Å²) in [7, 11) is 0. The van der Waals surface area contributed by atoms with Crippen LogP contribution in [0.4, 0.5) is 0 Å². The van der Waals surface area contributed by atoms with E-state index >= 15 is 0 Å². The first-order chi connectivity index (χ1) is 12.7. The number of nitrogens with one attached hydrogen (secondary N) is 1. The summed E-state index contributed by atoms with van der Waals surface area (Å²) in [6.45, 7) is 7.45. The van der Waals surface area contributed by atoms with Crippen molar-refractivity contribution in [2.24, 2.45) is 0 Å². The average molecular weight is 367 g/mol. The Bertz CT molecular complexity index is 804. The van der Waals surface area contributed by atoms with E-state index in [1.807, 2.05) is 12.1 Å². The highest BCUT2D eigenvalue weighted by molar-refractivity contribution is 5.99. The van der Waals surface area contributed by atoms with Crippen LogP contribution in [-0.4, -0.2) is 30.3 Å². The summed E-state index contributed by atoms with van der Waals surface area (Å²) in [5, 5.41) is 2.59. The van der Waals surface area contributed by atoms with Crippen LogP contribution in [-0.2, 0) is 14.9 Å². The molecule has 0 saturated heterocycles. The van der Waals surface area contributed by atoms with Gasteiger partial charge in [-0.25, -0.2) is 4.79 Å². The molecule has 27 heavy (non-hydrogen) atoms. The first kappa shape index (κ1) is 20.4. The molecule has 1 amide bonds. The summed E-state index contributed by atoms with van der Waals surface area (Å²) in [5.41, 5.74) is 2.05. The molecule has 2 rings (SSSR count). The van der Waals surface area contributed by atoms with Gasteiger partial charge in [0.2, 0.25) is 0 Å². The molecule has 2 aromatic carbocycles. The third-order valence-corrected chi connectivity index (χ3v) is 4.16. The number of ketones is 1. The molecule has 0 radical (unpaired) electrons. The number of benzene rings is 2. The number of ether oxygens (including phenoxy) is 1. The van der Waals surface area contributed by atoms with Gasteiger partial charge in [0.25, 0.3) is 5.91 Å². The standard InChI is InChI=1S/C22H25NO4/c1-15(21(26)27-14-19(24)16-8-6-5-7-9-16)23-20(25)17-10-12-18(13-11-17)22(2,3)4/h5-13,15H,14H2,1-4H3,(H,23,25)/t15-/m0/s1. The van der Waals surface area contributed by atoms with Crippen LogP contribution in [0, 0.1) is 0 Å². The van der Waals surface area contributed by atoms with Crippen molar-refractivity contribution in [3.63, 3.8) is 0 Å². The Balaban J connectivity index is 1.88. The Morgan fingerprint density at radius 3 is 2.07 bits per heavy atom. The van der Waals surface area contributed by atoms with Crippen molar-refractivity contribution in [1.82, 2.24) is 5.32 Å². The molecule has 0 unspecified atom stereocenters. The van der Waals surface area contributed by atoms with E-state index in [0.717, 1.165) is 5.56 Å². The summed E-state index contributed by atoms with van der Waals surface area (Å²) in [6, 6.07) is 15.0. The van der Waals surface area contributed by atoms with Gasteiger partial charge in [-0.2, -0.15) is 0 Å². The van der Waals surface area contributed by atoms with Gasteiger partial charge in [0, 0.05) is 11.1 Å². The first-order valence-corrected chi connectivity index (χ1v) is 8.85. The quantitative estimate of drug-likeness (QED) is 0.626. The highest BCUT2D eigenvalue weighted by Crippen LogP contribution is 2.22. The second-order valence-electron chi connectivity index (χ2n) is 7.42. The predicted molar refractivity (Wildman–Crippen MR) is 104 cm³/mol. The van der Waals surface area contributed by atoms with Gasteiger partial charge in [0.15, 0.2) is 12.4 Å². The van der Waals surface area contributed by atoms with Crippen LogP contribution < -0.4 is 5.32 Å². The summed E-state index contributed by atoms with van der Waals surface area (Å²) in [6.07, 6.45) is 0. The molecule has 0 aliphatic rings. The second-order valence-corrected chi connectivity index (χ2v) is 7.42. The molecule has 1 N–H and O–H groups in total. The van der Waals surface area contributed by atoms with Crippen LogP contribution in [0.5, 0.6) is 0 Å². The van der Waals surface area contributed by atoms with Gasteiger partial charge in [0.05, 0.1) is 0 Å². The highest BCUT2D eigenvalue weighted by atomic mass is 16.5. The van der Waals surface area contributed by atoms with Crippen LogP contribution in [0.15, 0.2) is 54.6 Å². The number of hydrogen-bond donors (Lipinski definition) is 1. The first-order valence-electron chi connectivity index (χ1n) is 8.85. The molecule has 0 aliphatic heterocycles. The maximum Gasteiger partial charge on any atom is 0.328 e. The van der Waals surface area contributed by atoms with Gasteiger partial charge in [-0.05, 0) is 30.0 Å². The second kappa shape index (κ2) is 8.62. The SMILES string of the molecule is C[C@H](NC(=O)c1ccc(C(C)(C)C)cc1)C(=O)OCC(=O)c1ccccc1.